The number of para-hydroxylation sites is 1. The normalized spacial score (nSPS) is 11.0. The predicted molar refractivity (Wildman–Crippen MR) is 102 cm³/mol. The molecule has 0 saturated heterocycles. The van der Waals surface area contributed by atoms with Crippen LogP contribution >= 0.6 is 0 Å². The maximum Gasteiger partial charge on any atom is 0.255 e. The molecule has 0 aliphatic rings. The largest absolute Gasteiger partial charge is 0.456 e. The first-order valence-corrected chi connectivity index (χ1v) is 8.12. The van der Waals surface area contributed by atoms with Crippen LogP contribution in [0.4, 0.5) is 11.4 Å². The minimum atomic E-state index is -0.134. The van der Waals surface area contributed by atoms with E-state index >= 15 is 0 Å². The first kappa shape index (κ1) is 15.3. The van der Waals surface area contributed by atoms with Crippen LogP contribution in [-0.4, -0.2) is 20.0 Å². The van der Waals surface area contributed by atoms with E-state index in [9.17, 15) is 4.79 Å². The molecule has 0 fully saturated rings. The van der Waals surface area contributed by atoms with Gasteiger partial charge in [-0.3, -0.25) is 4.79 Å². The molecule has 25 heavy (non-hydrogen) atoms. The molecule has 0 bridgehead atoms. The Hall–Kier alpha value is -3.27. The Morgan fingerprint density at radius 2 is 1.60 bits per heavy atom. The number of hydrogen-bond acceptors (Lipinski definition) is 3. The summed E-state index contributed by atoms with van der Waals surface area (Å²) in [6, 6.07) is 21.1. The summed E-state index contributed by atoms with van der Waals surface area (Å²) in [6.07, 6.45) is 0. The Morgan fingerprint density at radius 1 is 0.880 bits per heavy atom. The molecule has 0 saturated carbocycles. The van der Waals surface area contributed by atoms with Gasteiger partial charge in [-0.2, -0.15) is 0 Å². The Balaban J connectivity index is 1.64. The van der Waals surface area contributed by atoms with Crippen molar-refractivity contribution >= 4 is 39.2 Å². The van der Waals surface area contributed by atoms with Gasteiger partial charge in [-0.25, -0.2) is 0 Å². The number of hydrogen-bond donors (Lipinski definition) is 1. The molecule has 1 heterocycles. The number of carbonyl (C=O) groups is 1. The third-order valence-corrected chi connectivity index (χ3v) is 4.28. The van der Waals surface area contributed by atoms with E-state index in [1.54, 1.807) is 6.07 Å². The summed E-state index contributed by atoms with van der Waals surface area (Å²) < 4.78 is 5.80. The van der Waals surface area contributed by atoms with Crippen LogP contribution in [0.2, 0.25) is 0 Å². The first-order chi connectivity index (χ1) is 12.1. The molecule has 0 radical (unpaired) electrons. The van der Waals surface area contributed by atoms with Crippen LogP contribution in [0.5, 0.6) is 0 Å². The van der Waals surface area contributed by atoms with Crippen LogP contribution in [0.3, 0.4) is 0 Å². The molecule has 4 rings (SSSR count). The zero-order valence-corrected chi connectivity index (χ0v) is 14.1. The zero-order chi connectivity index (χ0) is 17.4. The summed E-state index contributed by atoms with van der Waals surface area (Å²) in [5.41, 5.74) is 4.08. The minimum Gasteiger partial charge on any atom is -0.456 e. The second-order valence-electron chi connectivity index (χ2n) is 6.20. The molecular formula is C21H18N2O2. The zero-order valence-electron chi connectivity index (χ0n) is 14.1. The third-order valence-electron chi connectivity index (χ3n) is 4.28. The van der Waals surface area contributed by atoms with Crippen molar-refractivity contribution in [3.8, 4) is 0 Å². The van der Waals surface area contributed by atoms with Gasteiger partial charge >= 0.3 is 0 Å². The van der Waals surface area contributed by atoms with Crippen LogP contribution in [0, 0.1) is 0 Å². The van der Waals surface area contributed by atoms with E-state index in [1.807, 2.05) is 79.7 Å². The van der Waals surface area contributed by atoms with Crippen molar-refractivity contribution in [3.63, 3.8) is 0 Å². The number of carbonyl (C=O) groups excluding carboxylic acids is 1. The fraction of sp³-hybridized carbons (Fsp3) is 0.0952. The van der Waals surface area contributed by atoms with E-state index < -0.39 is 0 Å². The summed E-state index contributed by atoms with van der Waals surface area (Å²) in [5.74, 6) is -0.134. The second kappa shape index (κ2) is 5.98. The van der Waals surface area contributed by atoms with Gasteiger partial charge in [0.25, 0.3) is 5.91 Å². The lowest BCUT2D eigenvalue weighted by Gasteiger charge is -2.13. The lowest BCUT2D eigenvalue weighted by Crippen LogP contribution is -2.12. The lowest BCUT2D eigenvalue weighted by molar-refractivity contribution is 0.102. The smallest absolute Gasteiger partial charge is 0.255 e. The van der Waals surface area contributed by atoms with Crippen LogP contribution in [-0.2, 0) is 0 Å². The Bertz CT molecular complexity index is 1060. The van der Waals surface area contributed by atoms with Crippen LogP contribution in [0.25, 0.3) is 21.9 Å². The van der Waals surface area contributed by atoms with Crippen molar-refractivity contribution in [1.82, 2.24) is 0 Å². The maximum atomic E-state index is 12.6. The van der Waals surface area contributed by atoms with Crippen molar-refractivity contribution in [3.05, 3.63) is 72.3 Å². The van der Waals surface area contributed by atoms with E-state index in [0.29, 0.717) is 5.56 Å². The summed E-state index contributed by atoms with van der Waals surface area (Å²) in [6.45, 7) is 0. The standard InChI is InChI=1S/C21H18N2O2/c1-23(2)16-10-8-15(9-11-16)22-21(24)14-7-12-20-18(13-14)17-5-3-4-6-19(17)25-20/h3-13H,1-2H3,(H,22,24). The number of furan rings is 1. The first-order valence-electron chi connectivity index (χ1n) is 8.12. The van der Waals surface area contributed by atoms with Crippen molar-refractivity contribution in [1.29, 1.82) is 0 Å². The van der Waals surface area contributed by atoms with Crippen LogP contribution in [0.1, 0.15) is 10.4 Å². The van der Waals surface area contributed by atoms with Crippen molar-refractivity contribution in [2.45, 2.75) is 0 Å². The molecule has 0 aliphatic heterocycles. The van der Waals surface area contributed by atoms with Gasteiger partial charge in [0, 0.05) is 41.8 Å². The molecule has 4 heteroatoms. The number of nitrogens with one attached hydrogen (secondary N) is 1. The number of amides is 1. The summed E-state index contributed by atoms with van der Waals surface area (Å²) >= 11 is 0. The number of rotatable bonds is 3. The third kappa shape index (κ3) is 2.83. The lowest BCUT2D eigenvalue weighted by atomic mass is 10.1. The van der Waals surface area contributed by atoms with Crippen LogP contribution in [0.15, 0.2) is 71.1 Å². The molecular weight excluding hydrogens is 312 g/mol. The Labute approximate surface area is 145 Å². The van der Waals surface area contributed by atoms with E-state index in [4.69, 9.17) is 4.42 Å². The summed E-state index contributed by atoms with van der Waals surface area (Å²) in [4.78, 5) is 14.6. The van der Waals surface area contributed by atoms with Gasteiger partial charge in [0.05, 0.1) is 0 Å². The molecule has 1 aromatic heterocycles. The topological polar surface area (TPSA) is 45.5 Å². The molecule has 0 spiro atoms. The maximum absolute atomic E-state index is 12.6. The molecule has 124 valence electrons. The van der Waals surface area contributed by atoms with Gasteiger partial charge < -0.3 is 14.6 Å². The fourth-order valence-corrected chi connectivity index (χ4v) is 2.91. The van der Waals surface area contributed by atoms with E-state index in [0.717, 1.165) is 33.3 Å². The van der Waals surface area contributed by atoms with E-state index in [-0.39, 0.29) is 5.91 Å². The average molecular weight is 330 g/mol. The highest BCUT2D eigenvalue weighted by atomic mass is 16.3. The van der Waals surface area contributed by atoms with Crippen molar-refractivity contribution in [2.24, 2.45) is 0 Å². The van der Waals surface area contributed by atoms with Crippen molar-refractivity contribution in [2.75, 3.05) is 24.3 Å². The highest BCUT2D eigenvalue weighted by molar-refractivity contribution is 6.10. The van der Waals surface area contributed by atoms with Crippen LogP contribution < -0.4 is 10.2 Å². The van der Waals surface area contributed by atoms with Gasteiger partial charge in [0.2, 0.25) is 0 Å². The van der Waals surface area contributed by atoms with Gasteiger partial charge in [0.1, 0.15) is 11.2 Å². The molecule has 1 amide bonds. The fourth-order valence-electron chi connectivity index (χ4n) is 2.91. The number of anilines is 2. The minimum absolute atomic E-state index is 0.134. The molecule has 0 atom stereocenters. The second-order valence-corrected chi connectivity index (χ2v) is 6.20. The van der Waals surface area contributed by atoms with Gasteiger partial charge in [-0.15, -0.1) is 0 Å². The van der Waals surface area contributed by atoms with E-state index in [2.05, 4.69) is 5.32 Å². The highest BCUT2D eigenvalue weighted by Crippen LogP contribution is 2.29. The van der Waals surface area contributed by atoms with Gasteiger partial charge in [-0.05, 0) is 48.5 Å². The molecule has 3 aromatic carbocycles. The van der Waals surface area contributed by atoms with Gasteiger partial charge in [-0.1, -0.05) is 18.2 Å². The van der Waals surface area contributed by atoms with E-state index in [1.165, 1.54) is 0 Å². The number of benzene rings is 3. The SMILES string of the molecule is CN(C)c1ccc(NC(=O)c2ccc3oc4ccccc4c3c2)cc1. The molecule has 4 aromatic rings. The molecule has 0 unspecified atom stereocenters. The quantitative estimate of drug-likeness (QED) is 0.581. The van der Waals surface area contributed by atoms with Crippen molar-refractivity contribution < 1.29 is 9.21 Å². The summed E-state index contributed by atoms with van der Waals surface area (Å²) in [7, 11) is 3.97. The highest BCUT2D eigenvalue weighted by Gasteiger charge is 2.11. The molecule has 1 N–H and O–H groups in total. The Kier molecular flexibility index (Phi) is 3.65. The monoisotopic (exact) mass is 330 g/mol. The molecule has 4 nitrogen and oxygen atoms in total. The average Bonchev–Trinajstić information content (AvgIpc) is 3.00. The Morgan fingerprint density at radius 3 is 2.36 bits per heavy atom. The number of nitrogens with zero attached hydrogens (tertiary/aromatic N) is 1. The number of fused-ring (bicyclic) bond motifs is 3. The summed E-state index contributed by atoms with van der Waals surface area (Å²) in [5, 5.41) is 4.91. The molecule has 0 aliphatic carbocycles. The predicted octanol–water partition coefficient (Wildman–Crippen LogP) is 4.90. The van der Waals surface area contributed by atoms with Gasteiger partial charge in [0.15, 0.2) is 0 Å².